The molecule has 0 radical (unpaired) electrons. The average Bonchev–Trinajstić information content (AvgIpc) is 2.81. The van der Waals surface area contributed by atoms with Crippen molar-refractivity contribution in [2.45, 2.75) is 24.7 Å². The number of nitrogens with zero attached hydrogens (tertiary/aromatic N) is 1. The van der Waals surface area contributed by atoms with Crippen molar-refractivity contribution in [1.29, 1.82) is 0 Å². The molecule has 21 heavy (non-hydrogen) atoms. The summed E-state index contributed by atoms with van der Waals surface area (Å²) in [5, 5.41) is 10.7. The molecule has 1 heterocycles. The monoisotopic (exact) mass is 326 g/mol. The van der Waals surface area contributed by atoms with Crippen molar-refractivity contribution in [2.24, 2.45) is 0 Å². The molecule has 0 saturated heterocycles. The zero-order chi connectivity index (χ0) is 15.5. The Morgan fingerprint density at radius 2 is 2.00 bits per heavy atom. The summed E-state index contributed by atoms with van der Waals surface area (Å²) < 4.78 is 26.7. The summed E-state index contributed by atoms with van der Waals surface area (Å²) in [5.74, 6) is -0.882. The molecule has 0 amide bonds. The third kappa shape index (κ3) is 4.27. The zero-order valence-corrected chi connectivity index (χ0v) is 12.9. The number of sulfonamides is 1. The quantitative estimate of drug-likeness (QED) is 0.849. The summed E-state index contributed by atoms with van der Waals surface area (Å²) in [6.07, 6.45) is 0.386. The van der Waals surface area contributed by atoms with Crippen LogP contribution in [0.5, 0.6) is 0 Å². The highest BCUT2D eigenvalue weighted by Gasteiger charge is 2.15. The van der Waals surface area contributed by atoms with E-state index in [4.69, 9.17) is 5.11 Å². The Kier molecular flexibility index (Phi) is 4.59. The second-order valence-corrected chi connectivity index (χ2v) is 6.98. The number of anilines is 1. The molecule has 0 unspecified atom stereocenters. The summed E-state index contributed by atoms with van der Waals surface area (Å²) in [6, 6.07) is 6.15. The van der Waals surface area contributed by atoms with Crippen LogP contribution in [-0.4, -0.2) is 24.5 Å². The third-order valence-electron chi connectivity index (χ3n) is 2.70. The van der Waals surface area contributed by atoms with Crippen molar-refractivity contribution in [2.75, 3.05) is 4.72 Å². The maximum Gasteiger partial charge on any atom is 0.303 e. The summed E-state index contributed by atoms with van der Waals surface area (Å²) in [4.78, 5) is 14.7. The summed E-state index contributed by atoms with van der Waals surface area (Å²) >= 11 is 1.22. The second kappa shape index (κ2) is 6.23. The molecule has 0 bridgehead atoms. The van der Waals surface area contributed by atoms with E-state index in [1.807, 2.05) is 0 Å². The number of hydrogen-bond acceptors (Lipinski definition) is 5. The van der Waals surface area contributed by atoms with E-state index in [1.165, 1.54) is 23.5 Å². The first-order valence-corrected chi connectivity index (χ1v) is 8.49. The molecule has 112 valence electrons. The number of carboxylic acid groups (broad SMARTS) is 1. The van der Waals surface area contributed by atoms with Crippen LogP contribution in [-0.2, 0) is 21.2 Å². The van der Waals surface area contributed by atoms with Gasteiger partial charge in [0.2, 0.25) is 0 Å². The van der Waals surface area contributed by atoms with Crippen molar-refractivity contribution in [3.63, 3.8) is 0 Å². The Labute approximate surface area is 126 Å². The lowest BCUT2D eigenvalue weighted by atomic mass is 10.1. The van der Waals surface area contributed by atoms with Gasteiger partial charge in [-0.3, -0.25) is 9.52 Å². The van der Waals surface area contributed by atoms with Crippen LogP contribution in [0.1, 0.15) is 17.7 Å². The second-order valence-electron chi connectivity index (χ2n) is 4.44. The van der Waals surface area contributed by atoms with Crippen molar-refractivity contribution in [1.82, 2.24) is 4.98 Å². The Morgan fingerprint density at radius 3 is 2.52 bits per heavy atom. The highest BCUT2D eigenvalue weighted by atomic mass is 32.2. The minimum absolute atomic E-state index is 0.0166. The molecule has 1 aromatic carbocycles. The molecule has 8 heteroatoms. The van der Waals surface area contributed by atoms with Gasteiger partial charge in [0.25, 0.3) is 10.0 Å². The summed E-state index contributed by atoms with van der Waals surface area (Å²) in [7, 11) is -3.67. The number of aromatic nitrogens is 1. The van der Waals surface area contributed by atoms with E-state index in [2.05, 4.69) is 9.71 Å². The molecule has 0 aliphatic rings. The number of hydrogen-bond donors (Lipinski definition) is 2. The van der Waals surface area contributed by atoms with Crippen LogP contribution in [0.4, 0.5) is 5.13 Å². The van der Waals surface area contributed by atoms with Crippen molar-refractivity contribution < 1.29 is 18.3 Å². The van der Waals surface area contributed by atoms with Gasteiger partial charge in [0.15, 0.2) is 5.13 Å². The lowest BCUT2D eigenvalue weighted by Gasteiger charge is -2.06. The molecule has 0 aliphatic carbocycles. The SMILES string of the molecule is Cc1csc(NS(=O)(=O)c2ccc(CCC(=O)O)cc2)n1. The van der Waals surface area contributed by atoms with Gasteiger partial charge in [-0.25, -0.2) is 13.4 Å². The number of carbonyl (C=O) groups is 1. The summed E-state index contributed by atoms with van der Waals surface area (Å²) in [6.45, 7) is 1.78. The number of thiazole rings is 1. The Balaban J connectivity index is 2.11. The first-order valence-electron chi connectivity index (χ1n) is 6.12. The highest BCUT2D eigenvalue weighted by molar-refractivity contribution is 7.93. The highest BCUT2D eigenvalue weighted by Crippen LogP contribution is 2.20. The maximum atomic E-state index is 12.1. The van der Waals surface area contributed by atoms with Crippen molar-refractivity contribution in [3.05, 3.63) is 40.9 Å². The van der Waals surface area contributed by atoms with Crippen molar-refractivity contribution >= 4 is 32.5 Å². The third-order valence-corrected chi connectivity index (χ3v) is 5.06. The van der Waals surface area contributed by atoms with Gasteiger partial charge < -0.3 is 5.11 Å². The predicted octanol–water partition coefficient (Wildman–Crippen LogP) is 2.27. The van der Waals surface area contributed by atoms with E-state index in [9.17, 15) is 13.2 Å². The topological polar surface area (TPSA) is 96.4 Å². The van der Waals surface area contributed by atoms with E-state index < -0.39 is 16.0 Å². The molecular formula is C13H14N2O4S2. The minimum Gasteiger partial charge on any atom is -0.481 e. The van der Waals surface area contributed by atoms with Gasteiger partial charge in [0.05, 0.1) is 10.6 Å². The van der Waals surface area contributed by atoms with Gasteiger partial charge in [-0.2, -0.15) is 0 Å². The zero-order valence-electron chi connectivity index (χ0n) is 11.2. The Morgan fingerprint density at radius 1 is 1.33 bits per heavy atom. The number of rotatable bonds is 6. The smallest absolute Gasteiger partial charge is 0.303 e. The van der Waals surface area contributed by atoms with E-state index in [1.54, 1.807) is 24.4 Å². The fraction of sp³-hybridized carbons (Fsp3) is 0.231. The van der Waals surface area contributed by atoms with Gasteiger partial charge in [0.1, 0.15) is 0 Å². The molecule has 0 saturated carbocycles. The maximum absolute atomic E-state index is 12.1. The molecule has 2 N–H and O–H groups in total. The van der Waals surface area contributed by atoms with E-state index in [-0.39, 0.29) is 11.3 Å². The standard InChI is InChI=1S/C13H14N2O4S2/c1-9-8-20-13(14-9)15-21(18,19)11-5-2-10(3-6-11)4-7-12(16)17/h2-3,5-6,8H,4,7H2,1H3,(H,14,15)(H,16,17). The van der Waals surface area contributed by atoms with Crippen LogP contribution >= 0.6 is 11.3 Å². The van der Waals surface area contributed by atoms with E-state index in [0.29, 0.717) is 11.6 Å². The molecule has 0 fully saturated rings. The van der Waals surface area contributed by atoms with Gasteiger partial charge >= 0.3 is 5.97 Å². The molecular weight excluding hydrogens is 312 g/mol. The van der Waals surface area contributed by atoms with Gasteiger partial charge in [-0.15, -0.1) is 11.3 Å². The molecule has 2 aromatic rings. The number of nitrogens with one attached hydrogen (secondary N) is 1. The van der Waals surface area contributed by atoms with E-state index >= 15 is 0 Å². The molecule has 0 aliphatic heterocycles. The average molecular weight is 326 g/mol. The molecule has 0 spiro atoms. The fourth-order valence-electron chi connectivity index (χ4n) is 1.66. The minimum atomic E-state index is -3.67. The fourth-order valence-corrected chi connectivity index (χ4v) is 3.60. The van der Waals surface area contributed by atoms with Crippen molar-refractivity contribution in [3.8, 4) is 0 Å². The Bertz CT molecular complexity index is 736. The van der Waals surface area contributed by atoms with Crippen LogP contribution in [0.3, 0.4) is 0 Å². The van der Waals surface area contributed by atoms with Gasteiger partial charge in [-0.1, -0.05) is 12.1 Å². The van der Waals surface area contributed by atoms with Crippen LogP contribution < -0.4 is 4.72 Å². The van der Waals surface area contributed by atoms with E-state index in [0.717, 1.165) is 11.3 Å². The van der Waals surface area contributed by atoms with Crippen LogP contribution in [0, 0.1) is 6.92 Å². The lowest BCUT2D eigenvalue weighted by Crippen LogP contribution is -2.12. The first-order chi connectivity index (χ1) is 9.87. The Hall–Kier alpha value is -1.93. The number of aliphatic carboxylic acids is 1. The van der Waals surface area contributed by atoms with Gasteiger partial charge in [-0.05, 0) is 31.0 Å². The van der Waals surface area contributed by atoms with Gasteiger partial charge in [0, 0.05) is 11.8 Å². The predicted molar refractivity (Wildman–Crippen MR) is 80.1 cm³/mol. The van der Waals surface area contributed by atoms with Crippen LogP contribution in [0.25, 0.3) is 0 Å². The number of benzene rings is 1. The number of aryl methyl sites for hydroxylation is 2. The normalized spacial score (nSPS) is 11.3. The largest absolute Gasteiger partial charge is 0.481 e. The molecule has 0 atom stereocenters. The molecule has 2 rings (SSSR count). The van der Waals surface area contributed by atoms with Crippen LogP contribution in [0.15, 0.2) is 34.5 Å². The lowest BCUT2D eigenvalue weighted by molar-refractivity contribution is -0.136. The first kappa shape index (κ1) is 15.5. The molecule has 1 aromatic heterocycles. The molecule has 6 nitrogen and oxygen atoms in total. The van der Waals surface area contributed by atoms with Crippen LogP contribution in [0.2, 0.25) is 0 Å². The summed E-state index contributed by atoms with van der Waals surface area (Å²) in [5.41, 5.74) is 1.53. The number of carboxylic acids is 1.